The van der Waals surface area contributed by atoms with Gasteiger partial charge in [-0.1, -0.05) is 207 Å². The number of alkyl carbamates (subject to hydrolysis) is 1. The summed E-state index contributed by atoms with van der Waals surface area (Å²) in [5.74, 6) is 0.281. The third-order valence-electron chi connectivity index (χ3n) is 13.2. The number of amides is 1. The van der Waals surface area contributed by atoms with Gasteiger partial charge in [0.05, 0.1) is 31.7 Å². The van der Waals surface area contributed by atoms with Crippen molar-refractivity contribution >= 4 is 18.0 Å². The highest BCUT2D eigenvalue weighted by Crippen LogP contribution is 2.22. The monoisotopic (exact) mass is 922 g/mol. The van der Waals surface area contributed by atoms with E-state index in [0.717, 1.165) is 110 Å². The summed E-state index contributed by atoms with van der Waals surface area (Å²) in [6.07, 6.45) is 43.1. The van der Waals surface area contributed by atoms with Gasteiger partial charge in [-0.2, -0.15) is 0 Å². The predicted octanol–water partition coefficient (Wildman–Crippen LogP) is 15.4. The van der Waals surface area contributed by atoms with Crippen LogP contribution in [0, 0.1) is 11.8 Å². The fraction of sp³-hybridized carbons (Fsp3) is 0.946. The molecule has 0 spiro atoms. The maximum atomic E-state index is 13.0. The van der Waals surface area contributed by atoms with E-state index in [0.29, 0.717) is 26.4 Å². The van der Waals surface area contributed by atoms with Crippen LogP contribution < -0.4 is 5.32 Å². The lowest BCUT2D eigenvalue weighted by atomic mass is 9.94. The molecule has 0 aromatic heterocycles. The molecule has 65 heavy (non-hydrogen) atoms. The molecule has 2 atom stereocenters. The van der Waals surface area contributed by atoms with Crippen LogP contribution in [0.2, 0.25) is 0 Å². The first-order valence-corrected chi connectivity index (χ1v) is 28.4. The van der Waals surface area contributed by atoms with Crippen molar-refractivity contribution in [2.75, 3.05) is 66.6 Å². The Morgan fingerprint density at radius 1 is 0.369 bits per heavy atom. The molecule has 0 bridgehead atoms. The fourth-order valence-electron chi connectivity index (χ4n) is 8.83. The van der Waals surface area contributed by atoms with Gasteiger partial charge in [-0.05, 0) is 85.0 Å². The summed E-state index contributed by atoms with van der Waals surface area (Å²) in [7, 11) is 3.99. The van der Waals surface area contributed by atoms with Crippen molar-refractivity contribution in [3.05, 3.63) is 0 Å². The van der Waals surface area contributed by atoms with E-state index in [1.807, 2.05) is 19.0 Å². The third-order valence-corrected chi connectivity index (χ3v) is 13.2. The van der Waals surface area contributed by atoms with Gasteiger partial charge in [0, 0.05) is 19.6 Å². The van der Waals surface area contributed by atoms with Crippen LogP contribution >= 0.6 is 0 Å². The number of nitrogens with one attached hydrogen (secondary N) is 1. The second-order valence-electron chi connectivity index (χ2n) is 19.8. The molecule has 0 aromatic rings. The number of hydrogen-bond donors (Lipinski definition) is 1. The highest BCUT2D eigenvalue weighted by Gasteiger charge is 2.20. The minimum atomic E-state index is -0.325. The van der Waals surface area contributed by atoms with Gasteiger partial charge in [0.25, 0.3) is 0 Å². The molecule has 0 aromatic carbocycles. The number of hydrogen-bond acceptors (Lipinski definition) is 8. The van der Waals surface area contributed by atoms with Crippen molar-refractivity contribution < 1.29 is 28.6 Å². The zero-order chi connectivity index (χ0) is 47.7. The average Bonchev–Trinajstić information content (AvgIpc) is 3.29. The molecule has 1 amide bonds. The Bertz CT molecular complexity index is 966. The summed E-state index contributed by atoms with van der Waals surface area (Å²) >= 11 is 0. The van der Waals surface area contributed by atoms with E-state index >= 15 is 0 Å². The van der Waals surface area contributed by atoms with Crippen LogP contribution in [0.1, 0.15) is 265 Å². The molecule has 0 aliphatic heterocycles. The number of carbonyl (C=O) groups excluding carboxylic acids is 3. The van der Waals surface area contributed by atoms with Crippen LogP contribution in [-0.2, 0) is 23.8 Å². The number of esters is 2. The summed E-state index contributed by atoms with van der Waals surface area (Å²) in [5.41, 5.74) is 0. The molecule has 9 nitrogen and oxygen atoms in total. The summed E-state index contributed by atoms with van der Waals surface area (Å²) in [6.45, 7) is 15.1. The van der Waals surface area contributed by atoms with Crippen molar-refractivity contribution in [1.29, 1.82) is 0 Å². The fourth-order valence-corrected chi connectivity index (χ4v) is 8.83. The Morgan fingerprint density at radius 2 is 0.677 bits per heavy atom. The lowest BCUT2D eigenvalue weighted by molar-refractivity contribution is -0.150. The smallest absolute Gasteiger partial charge is 0.407 e. The number of likely N-dealkylation sites (N-methyl/N-ethyl adjacent to an activating group) is 1. The summed E-state index contributed by atoms with van der Waals surface area (Å²) in [4.78, 5) is 42.8. The summed E-state index contributed by atoms with van der Waals surface area (Å²) in [6, 6.07) is 0. The number of nitrogens with zero attached hydrogens (tertiary/aromatic N) is 2. The van der Waals surface area contributed by atoms with Crippen molar-refractivity contribution in [2.24, 2.45) is 11.8 Å². The first kappa shape index (κ1) is 63.1. The molecule has 0 fully saturated rings. The highest BCUT2D eigenvalue weighted by molar-refractivity contribution is 5.72. The van der Waals surface area contributed by atoms with E-state index < -0.39 is 0 Å². The SMILES string of the molecule is CCCCCCCCC(CCCCCC)C(=O)OCCCCCCCCN(CCCCCCCCOC(=O)C(CCCCCC)CCCCCCCC)CCCOC(=O)NCCN(C)C. The first-order valence-electron chi connectivity index (χ1n) is 28.4. The van der Waals surface area contributed by atoms with Gasteiger partial charge in [0.1, 0.15) is 0 Å². The van der Waals surface area contributed by atoms with E-state index in [1.54, 1.807) is 0 Å². The first-order chi connectivity index (χ1) is 31.8. The molecule has 9 heteroatoms. The van der Waals surface area contributed by atoms with Gasteiger partial charge in [-0.3, -0.25) is 9.59 Å². The lowest BCUT2D eigenvalue weighted by Crippen LogP contribution is -2.32. The molecule has 386 valence electrons. The second kappa shape index (κ2) is 50.0. The quantitative estimate of drug-likeness (QED) is 0.0366. The summed E-state index contributed by atoms with van der Waals surface area (Å²) in [5, 5.41) is 2.84. The van der Waals surface area contributed by atoms with Crippen molar-refractivity contribution in [2.45, 2.75) is 265 Å². The van der Waals surface area contributed by atoms with Crippen molar-refractivity contribution in [3.8, 4) is 0 Å². The van der Waals surface area contributed by atoms with Crippen LogP contribution in [0.15, 0.2) is 0 Å². The molecule has 0 aliphatic rings. The Balaban J connectivity index is 4.57. The van der Waals surface area contributed by atoms with Crippen molar-refractivity contribution in [1.82, 2.24) is 15.1 Å². The van der Waals surface area contributed by atoms with Crippen LogP contribution in [0.25, 0.3) is 0 Å². The molecule has 0 aliphatic carbocycles. The van der Waals surface area contributed by atoms with Gasteiger partial charge in [0.15, 0.2) is 0 Å². The molecular weight excluding hydrogens is 811 g/mol. The number of unbranched alkanes of at least 4 members (excludes halogenated alkanes) is 26. The van der Waals surface area contributed by atoms with Crippen LogP contribution in [0.3, 0.4) is 0 Å². The minimum absolute atomic E-state index is 0.0544. The minimum Gasteiger partial charge on any atom is -0.465 e. The predicted molar refractivity (Wildman–Crippen MR) is 277 cm³/mol. The van der Waals surface area contributed by atoms with Gasteiger partial charge in [0.2, 0.25) is 0 Å². The number of carbonyl (C=O) groups is 3. The largest absolute Gasteiger partial charge is 0.465 e. The van der Waals surface area contributed by atoms with E-state index in [2.05, 4.69) is 37.9 Å². The average molecular weight is 923 g/mol. The highest BCUT2D eigenvalue weighted by atomic mass is 16.5. The molecule has 0 saturated carbocycles. The normalized spacial score (nSPS) is 12.5. The van der Waals surface area contributed by atoms with Crippen LogP contribution in [0.5, 0.6) is 0 Å². The van der Waals surface area contributed by atoms with Crippen LogP contribution in [-0.4, -0.2) is 94.5 Å². The Labute approximate surface area is 404 Å². The number of ether oxygens (including phenoxy) is 3. The molecule has 0 saturated heterocycles. The summed E-state index contributed by atoms with van der Waals surface area (Å²) < 4.78 is 17.1. The van der Waals surface area contributed by atoms with E-state index in [9.17, 15) is 14.4 Å². The van der Waals surface area contributed by atoms with Crippen LogP contribution in [0.4, 0.5) is 4.79 Å². The van der Waals surface area contributed by atoms with E-state index in [1.165, 1.54) is 154 Å². The van der Waals surface area contributed by atoms with Gasteiger partial charge < -0.3 is 29.3 Å². The third kappa shape index (κ3) is 44.4. The van der Waals surface area contributed by atoms with E-state index in [4.69, 9.17) is 14.2 Å². The Kier molecular flexibility index (Phi) is 48.6. The van der Waals surface area contributed by atoms with E-state index in [-0.39, 0.29) is 29.9 Å². The number of rotatable bonds is 51. The Morgan fingerprint density at radius 3 is 1.06 bits per heavy atom. The van der Waals surface area contributed by atoms with Crippen molar-refractivity contribution in [3.63, 3.8) is 0 Å². The van der Waals surface area contributed by atoms with Gasteiger partial charge in [-0.15, -0.1) is 0 Å². The molecule has 2 unspecified atom stereocenters. The maximum Gasteiger partial charge on any atom is 0.407 e. The van der Waals surface area contributed by atoms with Gasteiger partial charge >= 0.3 is 18.0 Å². The second-order valence-corrected chi connectivity index (χ2v) is 19.8. The molecule has 0 heterocycles. The zero-order valence-electron chi connectivity index (χ0n) is 44.3. The standard InChI is InChI=1S/C56H111N3O6/c1-7-11-15-19-25-33-42-52(40-31-17-13-9-3)54(60)63-49-37-29-23-21-27-35-45-59(47-39-51-65-56(62)57-44-48-58(5)6)46-36-28-22-24-30-38-50-64-55(61)53(41-32-18-14-10-4)43-34-26-20-16-12-8-2/h52-53H,7-51H2,1-6H3,(H,57,62). The molecular formula is C56H111N3O6. The molecule has 0 rings (SSSR count). The topological polar surface area (TPSA) is 97.4 Å². The zero-order valence-corrected chi connectivity index (χ0v) is 44.3. The Hall–Kier alpha value is -1.87. The van der Waals surface area contributed by atoms with Gasteiger partial charge in [-0.25, -0.2) is 4.79 Å². The molecule has 0 radical (unpaired) electrons. The maximum absolute atomic E-state index is 13.0. The molecule has 1 N–H and O–H groups in total. The lowest BCUT2D eigenvalue weighted by Gasteiger charge is -2.22.